The zero-order chi connectivity index (χ0) is 17.1. The van der Waals surface area contributed by atoms with Crippen LogP contribution in [0.5, 0.6) is 5.75 Å². The number of aromatic hydroxyl groups is 1. The number of para-hydroxylation sites is 2. The number of fused-ring (bicyclic) bond motifs is 1. The van der Waals surface area contributed by atoms with Gasteiger partial charge in [0.05, 0.1) is 18.1 Å². The van der Waals surface area contributed by atoms with E-state index in [0.29, 0.717) is 17.1 Å². The van der Waals surface area contributed by atoms with Gasteiger partial charge in [0.15, 0.2) is 0 Å². The first-order chi connectivity index (χ1) is 11.6. The van der Waals surface area contributed by atoms with Gasteiger partial charge in [0.25, 0.3) is 0 Å². The van der Waals surface area contributed by atoms with Crippen LogP contribution < -0.4 is 9.88 Å². The summed E-state index contributed by atoms with van der Waals surface area (Å²) in [5.41, 5.74) is 2.89. The van der Waals surface area contributed by atoms with Crippen LogP contribution in [0.4, 0.5) is 5.95 Å². The Labute approximate surface area is 151 Å². The van der Waals surface area contributed by atoms with Gasteiger partial charge in [0, 0.05) is 10.6 Å². The van der Waals surface area contributed by atoms with Gasteiger partial charge < -0.3 is 5.11 Å². The number of nitrogens with one attached hydrogen (secondary N) is 2. The Hall–Kier alpha value is -1.91. The van der Waals surface area contributed by atoms with Gasteiger partial charge >= 0.3 is 5.95 Å². The number of aromatic amines is 1. The van der Waals surface area contributed by atoms with Crippen LogP contribution in [-0.4, -0.2) is 10.1 Å². The highest BCUT2D eigenvalue weighted by Crippen LogP contribution is 2.31. The lowest BCUT2D eigenvalue weighted by Crippen LogP contribution is -2.36. The smallest absolute Gasteiger partial charge is 0.356 e. The molecule has 0 aliphatic rings. The van der Waals surface area contributed by atoms with Gasteiger partial charge in [-0.2, -0.15) is 0 Å². The fourth-order valence-corrected chi connectivity index (χ4v) is 3.29. The van der Waals surface area contributed by atoms with E-state index < -0.39 is 0 Å². The second-order valence-corrected chi connectivity index (χ2v) is 6.59. The number of halogens is 2. The molecule has 0 radical (unpaired) electrons. The third-order valence-corrected chi connectivity index (χ3v) is 4.51. The summed E-state index contributed by atoms with van der Waals surface area (Å²) in [6.07, 6.45) is 2.21. The highest BCUT2D eigenvalue weighted by molar-refractivity contribution is 6.35. The van der Waals surface area contributed by atoms with E-state index in [1.165, 1.54) is 6.07 Å². The van der Waals surface area contributed by atoms with Gasteiger partial charge in [-0.3, -0.25) is 5.32 Å². The summed E-state index contributed by atoms with van der Waals surface area (Å²) < 4.78 is 2.22. The Morgan fingerprint density at radius 1 is 1.21 bits per heavy atom. The molecule has 0 unspecified atom stereocenters. The van der Waals surface area contributed by atoms with Crippen molar-refractivity contribution in [3.63, 3.8) is 0 Å². The fourth-order valence-electron chi connectivity index (χ4n) is 2.75. The number of rotatable bonds is 6. The number of aromatic nitrogens is 2. The molecule has 0 aliphatic carbocycles. The second kappa shape index (κ2) is 7.32. The summed E-state index contributed by atoms with van der Waals surface area (Å²) >= 11 is 12.0. The lowest BCUT2D eigenvalue weighted by atomic mass is 10.2. The Morgan fingerprint density at radius 2 is 2.00 bits per heavy atom. The number of unbranched alkanes of at least 4 members (excludes halogenated alkanes) is 1. The van der Waals surface area contributed by atoms with Crippen LogP contribution in [-0.2, 0) is 13.1 Å². The average Bonchev–Trinajstić information content (AvgIpc) is 2.92. The number of anilines is 1. The van der Waals surface area contributed by atoms with Crippen molar-refractivity contribution in [2.75, 3.05) is 5.32 Å². The van der Waals surface area contributed by atoms with Crippen molar-refractivity contribution in [3.8, 4) is 5.75 Å². The van der Waals surface area contributed by atoms with Crippen LogP contribution in [0.15, 0.2) is 36.4 Å². The van der Waals surface area contributed by atoms with Crippen molar-refractivity contribution in [2.45, 2.75) is 32.9 Å². The van der Waals surface area contributed by atoms with Gasteiger partial charge in [-0.25, -0.2) is 9.55 Å². The molecule has 24 heavy (non-hydrogen) atoms. The topological polar surface area (TPSA) is 51.9 Å². The number of H-pyrrole nitrogens is 1. The number of aryl methyl sites for hydroxylation is 1. The highest BCUT2D eigenvalue weighted by Gasteiger charge is 2.17. The van der Waals surface area contributed by atoms with Gasteiger partial charge in [0.1, 0.15) is 16.8 Å². The van der Waals surface area contributed by atoms with Crippen LogP contribution in [0.1, 0.15) is 25.3 Å². The number of benzene rings is 2. The first kappa shape index (κ1) is 16.9. The van der Waals surface area contributed by atoms with Crippen LogP contribution in [0.25, 0.3) is 11.0 Å². The summed E-state index contributed by atoms with van der Waals surface area (Å²) in [4.78, 5) is 3.40. The van der Waals surface area contributed by atoms with E-state index in [-0.39, 0.29) is 10.8 Å². The van der Waals surface area contributed by atoms with Crippen molar-refractivity contribution < 1.29 is 9.67 Å². The van der Waals surface area contributed by atoms with Crippen molar-refractivity contribution >= 4 is 40.2 Å². The Morgan fingerprint density at radius 3 is 2.79 bits per heavy atom. The minimum Gasteiger partial charge on any atom is -0.506 e. The van der Waals surface area contributed by atoms with E-state index >= 15 is 0 Å². The zero-order valence-corrected chi connectivity index (χ0v) is 15.0. The molecule has 0 saturated carbocycles. The average molecular weight is 365 g/mol. The highest BCUT2D eigenvalue weighted by atomic mass is 35.5. The first-order valence-corrected chi connectivity index (χ1v) is 8.77. The number of hydrogen-bond acceptors (Lipinski definition) is 2. The van der Waals surface area contributed by atoms with E-state index in [2.05, 4.69) is 33.9 Å². The molecule has 4 nitrogen and oxygen atoms in total. The molecule has 0 atom stereocenters. The maximum Gasteiger partial charge on any atom is 0.356 e. The third-order valence-electron chi connectivity index (χ3n) is 4.01. The predicted molar refractivity (Wildman–Crippen MR) is 98.9 cm³/mol. The van der Waals surface area contributed by atoms with E-state index in [1.807, 2.05) is 12.1 Å². The number of phenolic OH excluding ortho intramolecular Hbond substituents is 1. The molecule has 0 amide bonds. The SMILES string of the molecule is CCCC[n+]1c(NCc2cc(Cl)cc(Cl)c2O)[nH]c2ccccc21. The monoisotopic (exact) mass is 364 g/mol. The van der Waals surface area contributed by atoms with Crippen LogP contribution >= 0.6 is 23.2 Å². The quantitative estimate of drug-likeness (QED) is 0.546. The largest absolute Gasteiger partial charge is 0.506 e. The van der Waals surface area contributed by atoms with Crippen molar-refractivity contribution in [2.24, 2.45) is 0 Å². The lowest BCUT2D eigenvalue weighted by molar-refractivity contribution is -0.657. The molecule has 0 aliphatic heterocycles. The zero-order valence-electron chi connectivity index (χ0n) is 13.4. The predicted octanol–water partition coefficient (Wildman–Crippen LogP) is 4.88. The minimum absolute atomic E-state index is 0.0600. The normalized spacial score (nSPS) is 11.1. The van der Waals surface area contributed by atoms with E-state index in [9.17, 15) is 5.11 Å². The summed E-state index contributed by atoms with van der Waals surface area (Å²) in [7, 11) is 0. The molecule has 6 heteroatoms. The molecule has 1 heterocycles. The molecule has 3 aromatic rings. The lowest BCUT2D eigenvalue weighted by Gasteiger charge is -2.07. The fraction of sp³-hybridized carbons (Fsp3) is 0.278. The summed E-state index contributed by atoms with van der Waals surface area (Å²) in [5, 5.41) is 14.2. The van der Waals surface area contributed by atoms with Crippen molar-refractivity contribution in [1.29, 1.82) is 0 Å². The summed E-state index contributed by atoms with van der Waals surface area (Å²) in [6.45, 7) is 3.52. The van der Waals surface area contributed by atoms with Crippen molar-refractivity contribution in [3.05, 3.63) is 52.0 Å². The van der Waals surface area contributed by atoms with Crippen LogP contribution in [0, 0.1) is 0 Å². The van der Waals surface area contributed by atoms with E-state index in [0.717, 1.165) is 36.4 Å². The first-order valence-electron chi connectivity index (χ1n) is 8.01. The number of imidazole rings is 1. The molecular formula is C18H20Cl2N3O+. The van der Waals surface area contributed by atoms with Crippen LogP contribution in [0.3, 0.4) is 0 Å². The number of nitrogens with zero attached hydrogens (tertiary/aromatic N) is 1. The molecule has 0 saturated heterocycles. The van der Waals surface area contributed by atoms with Gasteiger partial charge in [0.2, 0.25) is 0 Å². The number of hydrogen-bond donors (Lipinski definition) is 3. The number of phenols is 1. The Kier molecular flexibility index (Phi) is 5.17. The third kappa shape index (κ3) is 3.45. The maximum atomic E-state index is 10.1. The minimum atomic E-state index is 0.0600. The Bertz CT molecular complexity index is 861. The van der Waals surface area contributed by atoms with Gasteiger partial charge in [-0.1, -0.05) is 48.7 Å². The molecule has 0 bridgehead atoms. The van der Waals surface area contributed by atoms with Crippen molar-refractivity contribution in [1.82, 2.24) is 4.98 Å². The van der Waals surface area contributed by atoms with E-state index in [4.69, 9.17) is 23.2 Å². The molecule has 1 aromatic heterocycles. The molecule has 3 rings (SSSR count). The van der Waals surface area contributed by atoms with Gasteiger partial charge in [-0.15, -0.1) is 0 Å². The molecule has 126 valence electrons. The molecular weight excluding hydrogens is 345 g/mol. The standard InChI is InChI=1S/C18H19Cl2N3O/c1-2-3-8-23-16-7-5-4-6-15(16)22-18(23)21-11-12-9-13(19)10-14(20)17(12)24/h4-7,9-10H,2-3,8,11H2,1H3,(H2,21,22,24)/p+1. The molecule has 2 aromatic carbocycles. The van der Waals surface area contributed by atoms with Gasteiger partial charge in [-0.05, 0) is 30.7 Å². The maximum absolute atomic E-state index is 10.1. The molecule has 0 fully saturated rings. The van der Waals surface area contributed by atoms with E-state index in [1.54, 1.807) is 6.07 Å². The molecule has 0 spiro atoms. The van der Waals surface area contributed by atoms with Crippen LogP contribution in [0.2, 0.25) is 10.0 Å². The Balaban J connectivity index is 1.90. The summed E-state index contributed by atoms with van der Waals surface area (Å²) in [6, 6.07) is 11.4. The second-order valence-electron chi connectivity index (χ2n) is 5.74. The summed E-state index contributed by atoms with van der Waals surface area (Å²) in [5.74, 6) is 0.963. The molecule has 3 N–H and O–H groups in total.